The van der Waals surface area contributed by atoms with Crippen LogP contribution in [0.5, 0.6) is 23.0 Å². The summed E-state index contributed by atoms with van der Waals surface area (Å²) in [4.78, 5) is 35.7. The van der Waals surface area contributed by atoms with Gasteiger partial charge in [-0.25, -0.2) is 14.4 Å². The smallest absolute Gasteiger partial charge is 0.343 e. The lowest BCUT2D eigenvalue weighted by molar-refractivity contribution is -0.128. The summed E-state index contributed by atoms with van der Waals surface area (Å²) in [6.07, 6.45) is 1.04. The number of carbonyl (C=O) groups excluding carboxylic acids is 3. The second kappa shape index (κ2) is 10.6. The molecule has 0 aliphatic carbocycles. The third kappa shape index (κ3) is 6.06. The maximum atomic E-state index is 12.3. The van der Waals surface area contributed by atoms with Crippen molar-refractivity contribution in [3.8, 4) is 23.0 Å². The first-order valence-corrected chi connectivity index (χ1v) is 9.70. The Morgan fingerprint density at radius 1 is 0.656 bits per heavy atom. The van der Waals surface area contributed by atoms with Crippen molar-refractivity contribution in [2.24, 2.45) is 0 Å². The quantitative estimate of drug-likeness (QED) is 0.292. The molecule has 0 aliphatic rings. The first-order chi connectivity index (χ1) is 15.5. The molecule has 0 aromatic heterocycles. The molecule has 0 saturated carbocycles. The number of ether oxygens (including phenoxy) is 4. The molecule has 0 spiro atoms. The van der Waals surface area contributed by atoms with Crippen LogP contribution >= 0.6 is 0 Å². The van der Waals surface area contributed by atoms with Crippen LogP contribution in [0.2, 0.25) is 0 Å². The summed E-state index contributed by atoms with van der Waals surface area (Å²) in [6, 6.07) is 18.6. The monoisotopic (exact) mass is 432 g/mol. The molecule has 0 bridgehead atoms. The average Bonchev–Trinajstić information content (AvgIpc) is 2.81. The van der Waals surface area contributed by atoms with Gasteiger partial charge in [0.2, 0.25) is 0 Å². The normalized spacial score (nSPS) is 10.0. The Bertz CT molecular complexity index is 1100. The van der Waals surface area contributed by atoms with Crippen LogP contribution in [0.3, 0.4) is 0 Å². The predicted octanol–water partition coefficient (Wildman–Crippen LogP) is 4.62. The third-order valence-corrected chi connectivity index (χ3v) is 4.12. The van der Waals surface area contributed by atoms with E-state index in [2.05, 4.69) is 6.58 Å². The van der Waals surface area contributed by atoms with Gasteiger partial charge < -0.3 is 18.9 Å². The Morgan fingerprint density at radius 2 is 1.03 bits per heavy atom. The van der Waals surface area contributed by atoms with Crippen molar-refractivity contribution in [3.63, 3.8) is 0 Å². The van der Waals surface area contributed by atoms with Gasteiger partial charge in [-0.1, -0.05) is 6.58 Å². The molecule has 3 aromatic rings. The van der Waals surface area contributed by atoms with Crippen LogP contribution in [0, 0.1) is 0 Å². The van der Waals surface area contributed by atoms with Crippen molar-refractivity contribution < 1.29 is 33.3 Å². The molecule has 0 aliphatic heterocycles. The largest absolute Gasteiger partial charge is 0.494 e. The summed E-state index contributed by atoms with van der Waals surface area (Å²) in [5.41, 5.74) is 0.653. The molecule has 32 heavy (non-hydrogen) atoms. The summed E-state index contributed by atoms with van der Waals surface area (Å²) >= 11 is 0. The minimum Gasteiger partial charge on any atom is -0.494 e. The zero-order chi connectivity index (χ0) is 22.9. The van der Waals surface area contributed by atoms with Gasteiger partial charge in [-0.3, -0.25) is 0 Å². The number of hydrogen-bond acceptors (Lipinski definition) is 7. The van der Waals surface area contributed by atoms with Gasteiger partial charge in [0.1, 0.15) is 23.0 Å². The third-order valence-electron chi connectivity index (χ3n) is 4.12. The van der Waals surface area contributed by atoms with Crippen LogP contribution < -0.4 is 18.9 Å². The molecule has 0 N–H and O–H groups in total. The van der Waals surface area contributed by atoms with Gasteiger partial charge in [-0.05, 0) is 79.7 Å². The zero-order valence-electron chi connectivity index (χ0n) is 17.3. The van der Waals surface area contributed by atoms with E-state index >= 15 is 0 Å². The molecule has 0 radical (unpaired) electrons. The number of esters is 3. The standard InChI is InChI=1S/C25H20O7/c1-3-23(26)30-20-11-7-18(8-12-20)25(28)32-22-15-13-21(14-16-22)31-24(27)17-5-9-19(10-6-17)29-4-2/h3,5-16H,1,4H2,2H3. The fraction of sp³-hybridized carbons (Fsp3) is 0.0800. The minimum absolute atomic E-state index is 0.273. The maximum Gasteiger partial charge on any atom is 0.343 e. The summed E-state index contributed by atoms with van der Waals surface area (Å²) in [6.45, 7) is 5.73. The molecular weight excluding hydrogens is 412 g/mol. The van der Waals surface area contributed by atoms with Crippen LogP contribution in [0.25, 0.3) is 0 Å². The molecule has 0 amide bonds. The van der Waals surface area contributed by atoms with Crippen molar-refractivity contribution in [3.05, 3.63) is 96.6 Å². The van der Waals surface area contributed by atoms with E-state index in [1.54, 1.807) is 24.3 Å². The summed E-state index contributed by atoms with van der Waals surface area (Å²) in [5.74, 6) is -0.174. The fourth-order valence-corrected chi connectivity index (χ4v) is 2.58. The Kier molecular flexibility index (Phi) is 7.37. The molecule has 7 nitrogen and oxygen atoms in total. The van der Waals surface area contributed by atoms with Crippen molar-refractivity contribution in [2.75, 3.05) is 6.61 Å². The van der Waals surface area contributed by atoms with Crippen LogP contribution in [-0.2, 0) is 4.79 Å². The van der Waals surface area contributed by atoms with Crippen molar-refractivity contribution >= 4 is 17.9 Å². The first kappa shape index (κ1) is 22.3. The zero-order valence-corrected chi connectivity index (χ0v) is 17.3. The lowest BCUT2D eigenvalue weighted by Crippen LogP contribution is -2.10. The average molecular weight is 432 g/mol. The fourth-order valence-electron chi connectivity index (χ4n) is 2.58. The highest BCUT2D eigenvalue weighted by Crippen LogP contribution is 2.21. The van der Waals surface area contributed by atoms with E-state index < -0.39 is 17.9 Å². The van der Waals surface area contributed by atoms with Gasteiger partial charge in [-0.15, -0.1) is 0 Å². The molecule has 7 heteroatoms. The SMILES string of the molecule is C=CC(=O)Oc1ccc(C(=O)Oc2ccc(OC(=O)c3ccc(OCC)cc3)cc2)cc1. The van der Waals surface area contributed by atoms with Gasteiger partial charge in [0.05, 0.1) is 17.7 Å². The topological polar surface area (TPSA) is 88.1 Å². The highest BCUT2D eigenvalue weighted by molar-refractivity contribution is 5.92. The maximum absolute atomic E-state index is 12.3. The van der Waals surface area contributed by atoms with E-state index in [-0.39, 0.29) is 17.1 Å². The molecule has 0 heterocycles. The lowest BCUT2D eigenvalue weighted by Gasteiger charge is -2.08. The number of carbonyl (C=O) groups is 3. The van der Waals surface area contributed by atoms with Crippen LogP contribution in [0.15, 0.2) is 85.5 Å². The molecular formula is C25H20O7. The van der Waals surface area contributed by atoms with E-state index in [4.69, 9.17) is 18.9 Å². The Labute approximate surface area is 184 Å². The minimum atomic E-state index is -0.594. The highest BCUT2D eigenvalue weighted by Gasteiger charge is 2.12. The van der Waals surface area contributed by atoms with E-state index in [0.29, 0.717) is 23.7 Å². The van der Waals surface area contributed by atoms with E-state index in [0.717, 1.165) is 6.08 Å². The predicted molar refractivity (Wildman–Crippen MR) is 116 cm³/mol. The molecule has 0 unspecified atom stereocenters. The summed E-state index contributed by atoms with van der Waals surface area (Å²) < 4.78 is 20.9. The van der Waals surface area contributed by atoms with E-state index in [1.165, 1.54) is 48.5 Å². The number of hydrogen-bond donors (Lipinski definition) is 0. The van der Waals surface area contributed by atoms with Crippen LogP contribution in [0.4, 0.5) is 0 Å². The van der Waals surface area contributed by atoms with Gasteiger partial charge >= 0.3 is 17.9 Å². The Morgan fingerprint density at radius 3 is 1.44 bits per heavy atom. The molecule has 162 valence electrons. The van der Waals surface area contributed by atoms with Crippen LogP contribution in [-0.4, -0.2) is 24.5 Å². The number of benzene rings is 3. The van der Waals surface area contributed by atoms with Gasteiger partial charge in [-0.2, -0.15) is 0 Å². The Hall–Kier alpha value is -4.39. The molecule has 0 fully saturated rings. The summed E-state index contributed by atoms with van der Waals surface area (Å²) in [5, 5.41) is 0. The Balaban J connectivity index is 1.57. The molecule has 0 saturated heterocycles. The first-order valence-electron chi connectivity index (χ1n) is 9.70. The van der Waals surface area contributed by atoms with E-state index in [9.17, 15) is 14.4 Å². The lowest BCUT2D eigenvalue weighted by atomic mass is 10.2. The van der Waals surface area contributed by atoms with Crippen LogP contribution in [0.1, 0.15) is 27.6 Å². The van der Waals surface area contributed by atoms with Crippen molar-refractivity contribution in [1.29, 1.82) is 0 Å². The van der Waals surface area contributed by atoms with Crippen molar-refractivity contribution in [2.45, 2.75) is 6.92 Å². The van der Waals surface area contributed by atoms with Gasteiger partial charge in [0, 0.05) is 6.08 Å². The molecule has 0 atom stereocenters. The molecule has 3 aromatic carbocycles. The van der Waals surface area contributed by atoms with Gasteiger partial charge in [0.25, 0.3) is 0 Å². The second-order valence-corrected chi connectivity index (χ2v) is 6.36. The summed E-state index contributed by atoms with van der Waals surface area (Å²) in [7, 11) is 0. The second-order valence-electron chi connectivity index (χ2n) is 6.36. The molecule has 3 rings (SSSR count). The number of rotatable bonds is 8. The van der Waals surface area contributed by atoms with Crippen molar-refractivity contribution in [1.82, 2.24) is 0 Å². The van der Waals surface area contributed by atoms with E-state index in [1.807, 2.05) is 6.92 Å². The highest BCUT2D eigenvalue weighted by atomic mass is 16.5. The van der Waals surface area contributed by atoms with Gasteiger partial charge in [0.15, 0.2) is 0 Å².